The van der Waals surface area contributed by atoms with E-state index in [0.29, 0.717) is 24.5 Å². The molecular weight excluding hydrogens is 399 g/mol. The highest BCUT2D eigenvalue weighted by atomic mass is 32.2. The third kappa shape index (κ3) is 5.83. The van der Waals surface area contributed by atoms with Crippen LogP contribution in [0.15, 0.2) is 42.5 Å². The van der Waals surface area contributed by atoms with Gasteiger partial charge in [-0.3, -0.25) is 9.10 Å². The van der Waals surface area contributed by atoms with E-state index in [0.717, 1.165) is 22.2 Å². The van der Waals surface area contributed by atoms with Gasteiger partial charge >= 0.3 is 0 Å². The number of amides is 1. The van der Waals surface area contributed by atoms with Gasteiger partial charge < -0.3 is 14.8 Å². The Kier molecular flexibility index (Phi) is 7.44. The van der Waals surface area contributed by atoms with Crippen molar-refractivity contribution in [1.82, 2.24) is 5.32 Å². The van der Waals surface area contributed by atoms with E-state index in [4.69, 9.17) is 9.47 Å². The molecule has 0 unspecified atom stereocenters. The molecule has 2 rings (SSSR count). The van der Waals surface area contributed by atoms with Crippen molar-refractivity contribution >= 4 is 21.6 Å². The standard InChI is InChI=1S/C20H25FN2O5S/c1-14(23(29(4,25)26)17-7-5-6-16(21)13-17)20(24)22-11-10-15-8-9-18(27-2)19(12-15)28-3/h5-9,12-14H,10-11H2,1-4H3,(H,22,24)/t14-/m1/s1. The summed E-state index contributed by atoms with van der Waals surface area (Å²) in [5.74, 6) is 0.115. The fraction of sp³-hybridized carbons (Fsp3) is 0.350. The average molecular weight is 424 g/mol. The van der Waals surface area contributed by atoms with Gasteiger partial charge in [0, 0.05) is 6.54 Å². The first-order valence-electron chi connectivity index (χ1n) is 8.91. The molecule has 0 aliphatic heterocycles. The van der Waals surface area contributed by atoms with E-state index in [2.05, 4.69) is 5.32 Å². The lowest BCUT2D eigenvalue weighted by Gasteiger charge is -2.28. The van der Waals surface area contributed by atoms with Gasteiger partial charge in [-0.15, -0.1) is 0 Å². The highest BCUT2D eigenvalue weighted by molar-refractivity contribution is 7.92. The van der Waals surface area contributed by atoms with Crippen molar-refractivity contribution in [3.8, 4) is 11.5 Å². The van der Waals surface area contributed by atoms with Crippen LogP contribution in [0.1, 0.15) is 12.5 Å². The van der Waals surface area contributed by atoms with Crippen molar-refractivity contribution in [3.05, 3.63) is 53.8 Å². The molecule has 2 aromatic rings. The van der Waals surface area contributed by atoms with Gasteiger partial charge in [0.25, 0.3) is 0 Å². The molecule has 9 heteroatoms. The first kappa shape index (κ1) is 22.5. The second kappa shape index (κ2) is 9.60. The van der Waals surface area contributed by atoms with Crippen molar-refractivity contribution in [1.29, 1.82) is 0 Å². The molecule has 7 nitrogen and oxygen atoms in total. The molecule has 0 bridgehead atoms. The SMILES string of the molecule is COc1ccc(CCNC(=O)[C@@H](C)N(c2cccc(F)c2)S(C)(=O)=O)cc1OC. The maximum atomic E-state index is 13.5. The van der Waals surface area contributed by atoms with Crippen LogP contribution in [-0.4, -0.2) is 47.4 Å². The molecule has 1 atom stereocenters. The molecule has 29 heavy (non-hydrogen) atoms. The van der Waals surface area contributed by atoms with Crippen LogP contribution in [0.4, 0.5) is 10.1 Å². The van der Waals surface area contributed by atoms with E-state index in [1.807, 2.05) is 12.1 Å². The Labute approximate surface area is 170 Å². The number of methoxy groups -OCH3 is 2. The second-order valence-electron chi connectivity index (χ2n) is 6.45. The number of hydrogen-bond acceptors (Lipinski definition) is 5. The summed E-state index contributed by atoms with van der Waals surface area (Å²) < 4.78 is 49.3. The van der Waals surface area contributed by atoms with Crippen LogP contribution in [0.25, 0.3) is 0 Å². The topological polar surface area (TPSA) is 84.9 Å². The van der Waals surface area contributed by atoms with Gasteiger partial charge in [-0.05, 0) is 49.2 Å². The summed E-state index contributed by atoms with van der Waals surface area (Å²) in [4.78, 5) is 12.5. The molecule has 158 valence electrons. The van der Waals surface area contributed by atoms with Crippen LogP contribution >= 0.6 is 0 Å². The van der Waals surface area contributed by atoms with Gasteiger partial charge in [0.2, 0.25) is 15.9 Å². The van der Waals surface area contributed by atoms with Crippen LogP contribution in [0.5, 0.6) is 11.5 Å². The minimum atomic E-state index is -3.80. The number of rotatable bonds is 9. The van der Waals surface area contributed by atoms with Crippen molar-refractivity contribution in [2.24, 2.45) is 0 Å². The van der Waals surface area contributed by atoms with Gasteiger partial charge in [0.1, 0.15) is 11.9 Å². The number of benzene rings is 2. The Morgan fingerprint density at radius 1 is 1.14 bits per heavy atom. The molecule has 0 heterocycles. The fourth-order valence-corrected chi connectivity index (χ4v) is 4.10. The minimum Gasteiger partial charge on any atom is -0.493 e. The molecule has 0 saturated heterocycles. The Bertz CT molecular complexity index is 965. The first-order chi connectivity index (χ1) is 13.7. The summed E-state index contributed by atoms with van der Waals surface area (Å²) in [6, 6.07) is 9.51. The van der Waals surface area contributed by atoms with E-state index in [1.54, 1.807) is 13.2 Å². The maximum absolute atomic E-state index is 13.5. The van der Waals surface area contributed by atoms with Crippen molar-refractivity contribution in [2.75, 3.05) is 31.3 Å². The third-order valence-electron chi connectivity index (χ3n) is 4.31. The number of nitrogens with one attached hydrogen (secondary N) is 1. The maximum Gasteiger partial charge on any atom is 0.243 e. The molecule has 0 aliphatic rings. The zero-order chi connectivity index (χ0) is 21.6. The zero-order valence-electron chi connectivity index (χ0n) is 16.8. The summed E-state index contributed by atoms with van der Waals surface area (Å²) >= 11 is 0. The van der Waals surface area contributed by atoms with Gasteiger partial charge in [0.15, 0.2) is 11.5 Å². The minimum absolute atomic E-state index is 0.0926. The molecule has 2 aromatic carbocycles. The number of ether oxygens (including phenoxy) is 2. The quantitative estimate of drug-likeness (QED) is 0.668. The van der Waals surface area contributed by atoms with Crippen molar-refractivity contribution in [2.45, 2.75) is 19.4 Å². The van der Waals surface area contributed by atoms with Gasteiger partial charge in [0.05, 0.1) is 26.2 Å². The number of carbonyl (C=O) groups is 1. The Balaban J connectivity index is 2.07. The summed E-state index contributed by atoms with van der Waals surface area (Å²) in [5, 5.41) is 2.72. The first-order valence-corrected chi connectivity index (χ1v) is 10.8. The van der Waals surface area contributed by atoms with E-state index in [-0.39, 0.29) is 5.69 Å². The summed E-state index contributed by atoms with van der Waals surface area (Å²) in [7, 11) is -0.712. The number of sulfonamides is 1. The fourth-order valence-electron chi connectivity index (χ4n) is 2.94. The summed E-state index contributed by atoms with van der Waals surface area (Å²) in [6.07, 6.45) is 1.49. The number of carbonyl (C=O) groups excluding carboxylic acids is 1. The van der Waals surface area contributed by atoms with Crippen molar-refractivity contribution < 1.29 is 27.1 Å². The van der Waals surface area contributed by atoms with Crippen LogP contribution in [-0.2, 0) is 21.2 Å². The second-order valence-corrected chi connectivity index (χ2v) is 8.30. The monoisotopic (exact) mass is 424 g/mol. The van der Waals surface area contributed by atoms with Crippen LogP contribution in [0.2, 0.25) is 0 Å². The predicted molar refractivity (Wildman–Crippen MR) is 109 cm³/mol. The lowest BCUT2D eigenvalue weighted by atomic mass is 10.1. The van der Waals surface area contributed by atoms with Crippen molar-refractivity contribution in [3.63, 3.8) is 0 Å². The third-order valence-corrected chi connectivity index (χ3v) is 5.55. The number of halogens is 1. The predicted octanol–water partition coefficient (Wildman–Crippen LogP) is 2.36. The Morgan fingerprint density at radius 2 is 1.83 bits per heavy atom. The lowest BCUT2D eigenvalue weighted by molar-refractivity contribution is -0.121. The lowest BCUT2D eigenvalue weighted by Crippen LogP contribution is -2.48. The molecule has 0 radical (unpaired) electrons. The van der Waals surface area contributed by atoms with Gasteiger partial charge in [-0.2, -0.15) is 0 Å². The molecule has 1 N–H and O–H groups in total. The highest BCUT2D eigenvalue weighted by Gasteiger charge is 2.29. The van der Waals surface area contributed by atoms with E-state index >= 15 is 0 Å². The highest BCUT2D eigenvalue weighted by Crippen LogP contribution is 2.27. The summed E-state index contributed by atoms with van der Waals surface area (Å²) in [5.41, 5.74) is 1.01. The number of nitrogens with zero attached hydrogens (tertiary/aromatic N) is 1. The van der Waals surface area contributed by atoms with Crippen LogP contribution in [0, 0.1) is 5.82 Å². The van der Waals surface area contributed by atoms with E-state index in [1.165, 1.54) is 32.2 Å². The molecule has 0 fully saturated rings. The number of anilines is 1. The summed E-state index contributed by atoms with van der Waals surface area (Å²) in [6.45, 7) is 1.75. The Morgan fingerprint density at radius 3 is 2.41 bits per heavy atom. The average Bonchev–Trinajstić information content (AvgIpc) is 2.66. The van der Waals surface area contributed by atoms with Gasteiger partial charge in [-0.25, -0.2) is 12.8 Å². The van der Waals surface area contributed by atoms with Crippen LogP contribution in [0.3, 0.4) is 0 Å². The molecule has 0 saturated carbocycles. The Hall–Kier alpha value is -2.81. The smallest absolute Gasteiger partial charge is 0.243 e. The molecule has 0 aliphatic carbocycles. The van der Waals surface area contributed by atoms with Gasteiger partial charge in [-0.1, -0.05) is 12.1 Å². The molecule has 0 spiro atoms. The molecule has 1 amide bonds. The van der Waals surface area contributed by atoms with E-state index < -0.39 is 27.8 Å². The number of hydrogen-bond donors (Lipinski definition) is 1. The van der Waals surface area contributed by atoms with E-state index in [9.17, 15) is 17.6 Å². The zero-order valence-corrected chi connectivity index (χ0v) is 17.6. The largest absolute Gasteiger partial charge is 0.493 e. The van der Waals surface area contributed by atoms with Crippen LogP contribution < -0.4 is 19.1 Å². The molecular formula is C20H25FN2O5S. The molecule has 0 aromatic heterocycles. The normalized spacial score (nSPS) is 12.2.